The first-order chi connectivity index (χ1) is 13.2. The number of hydrogen-bond donors (Lipinski definition) is 1. The molecule has 2 aromatic rings. The zero-order valence-electron chi connectivity index (χ0n) is 17.7. The normalized spacial score (nSPS) is 17.9. The molecular formula is C23H32N4O. The van der Waals surface area contributed by atoms with Gasteiger partial charge in [-0.2, -0.15) is 0 Å². The zero-order chi connectivity index (χ0) is 20.4. The third-order valence-electron chi connectivity index (χ3n) is 6.16. The first-order valence-corrected chi connectivity index (χ1v) is 10.0. The monoisotopic (exact) mass is 380 g/mol. The van der Waals surface area contributed by atoms with Crippen LogP contribution in [0.2, 0.25) is 0 Å². The number of aromatic nitrogens is 1. The molecule has 0 spiro atoms. The Morgan fingerprint density at radius 2 is 1.75 bits per heavy atom. The van der Waals surface area contributed by atoms with Gasteiger partial charge in [-0.05, 0) is 38.0 Å². The maximum Gasteiger partial charge on any atom is 0.250 e. The number of likely N-dealkylation sites (tertiary alicyclic amines) is 1. The topological polar surface area (TPSA) is 49.6 Å². The van der Waals surface area contributed by atoms with Gasteiger partial charge in [-0.25, -0.2) is 4.99 Å². The second kappa shape index (κ2) is 7.82. The van der Waals surface area contributed by atoms with Crippen LogP contribution in [0.4, 0.5) is 0 Å². The molecule has 5 heteroatoms. The molecule has 1 fully saturated rings. The third-order valence-corrected chi connectivity index (χ3v) is 6.16. The van der Waals surface area contributed by atoms with Crippen molar-refractivity contribution in [2.75, 3.05) is 13.1 Å². The summed E-state index contributed by atoms with van der Waals surface area (Å²) >= 11 is 0. The van der Waals surface area contributed by atoms with Gasteiger partial charge in [-0.3, -0.25) is 4.79 Å². The molecule has 0 unspecified atom stereocenters. The highest BCUT2D eigenvalue weighted by Crippen LogP contribution is 2.46. The van der Waals surface area contributed by atoms with E-state index in [1.54, 1.807) is 16.7 Å². The predicted octanol–water partition coefficient (Wildman–Crippen LogP) is 3.48. The minimum atomic E-state index is 0.0199. The van der Waals surface area contributed by atoms with Gasteiger partial charge in [-0.1, -0.05) is 44.2 Å². The second-order valence-electron chi connectivity index (χ2n) is 8.68. The van der Waals surface area contributed by atoms with Crippen molar-refractivity contribution < 1.29 is 0 Å². The summed E-state index contributed by atoms with van der Waals surface area (Å²) in [6.45, 7) is 14.4. The average molecular weight is 381 g/mol. The van der Waals surface area contributed by atoms with Gasteiger partial charge in [-0.15, -0.1) is 0 Å². The summed E-state index contributed by atoms with van der Waals surface area (Å²) in [5.41, 5.74) is 2.66. The molecule has 0 saturated carbocycles. The molecule has 0 radical (unpaired) electrons. The Morgan fingerprint density at radius 3 is 2.32 bits per heavy atom. The summed E-state index contributed by atoms with van der Waals surface area (Å²) in [5, 5.41) is 3.44. The van der Waals surface area contributed by atoms with E-state index in [0.717, 1.165) is 30.2 Å². The van der Waals surface area contributed by atoms with E-state index in [1.807, 2.05) is 12.3 Å². The lowest BCUT2D eigenvalue weighted by atomic mass is 9.65. The van der Waals surface area contributed by atoms with Crippen LogP contribution in [0.1, 0.15) is 45.7 Å². The molecule has 3 rings (SSSR count). The Morgan fingerprint density at radius 1 is 1.07 bits per heavy atom. The van der Waals surface area contributed by atoms with Crippen LogP contribution in [0.3, 0.4) is 0 Å². The van der Waals surface area contributed by atoms with Crippen molar-refractivity contribution in [3.05, 3.63) is 70.1 Å². The molecule has 0 atom stereocenters. The Balaban J connectivity index is 1.68. The first-order valence-electron chi connectivity index (χ1n) is 10.0. The van der Waals surface area contributed by atoms with Crippen LogP contribution in [0, 0.1) is 5.41 Å². The lowest BCUT2D eigenvalue weighted by Crippen LogP contribution is -2.72. The molecule has 150 valence electrons. The summed E-state index contributed by atoms with van der Waals surface area (Å²) in [6.07, 6.45) is 1.82. The number of hydrogen-bond acceptors (Lipinski definition) is 2. The number of benzene rings is 1. The largest absolute Gasteiger partial charge is 0.356 e. The van der Waals surface area contributed by atoms with Crippen molar-refractivity contribution in [2.45, 2.75) is 53.2 Å². The van der Waals surface area contributed by atoms with Crippen LogP contribution >= 0.6 is 0 Å². The fourth-order valence-electron chi connectivity index (χ4n) is 3.50. The molecule has 1 aliphatic rings. The van der Waals surface area contributed by atoms with Gasteiger partial charge in [0.05, 0.1) is 13.1 Å². The highest BCUT2D eigenvalue weighted by molar-refractivity contribution is 5.82. The Kier molecular flexibility index (Phi) is 5.64. The zero-order valence-corrected chi connectivity index (χ0v) is 17.7. The molecule has 5 nitrogen and oxygen atoms in total. The van der Waals surface area contributed by atoms with E-state index in [-0.39, 0.29) is 16.5 Å². The molecule has 2 heterocycles. The molecule has 0 bridgehead atoms. The number of nitrogens with one attached hydrogen (secondary N) is 1. The van der Waals surface area contributed by atoms with Crippen molar-refractivity contribution in [3.63, 3.8) is 0 Å². The van der Waals surface area contributed by atoms with E-state index in [2.05, 4.69) is 69.1 Å². The van der Waals surface area contributed by atoms with Crippen LogP contribution in [0.5, 0.6) is 0 Å². The summed E-state index contributed by atoms with van der Waals surface area (Å²) in [6, 6.07) is 13.6. The van der Waals surface area contributed by atoms with Crippen LogP contribution in [-0.2, 0) is 13.1 Å². The Hall–Kier alpha value is -2.56. The van der Waals surface area contributed by atoms with Crippen molar-refractivity contribution >= 4 is 5.96 Å². The number of pyridine rings is 1. The van der Waals surface area contributed by atoms with Crippen LogP contribution in [0.15, 0.2) is 58.4 Å². The first kappa shape index (κ1) is 20.2. The highest BCUT2D eigenvalue weighted by Gasteiger charge is 2.53. The lowest BCUT2D eigenvalue weighted by molar-refractivity contribution is -0.0667. The molecule has 0 amide bonds. The fourth-order valence-corrected chi connectivity index (χ4v) is 3.50. The van der Waals surface area contributed by atoms with Crippen molar-refractivity contribution in [3.8, 4) is 0 Å². The van der Waals surface area contributed by atoms with Crippen molar-refractivity contribution in [1.82, 2.24) is 14.8 Å². The number of guanidine groups is 1. The smallest absolute Gasteiger partial charge is 0.250 e. The third kappa shape index (κ3) is 3.98. The minimum Gasteiger partial charge on any atom is -0.356 e. The van der Waals surface area contributed by atoms with Gasteiger partial charge < -0.3 is 14.8 Å². The van der Waals surface area contributed by atoms with E-state index in [4.69, 9.17) is 4.99 Å². The van der Waals surface area contributed by atoms with Crippen LogP contribution < -0.4 is 10.9 Å². The van der Waals surface area contributed by atoms with E-state index >= 15 is 0 Å². The summed E-state index contributed by atoms with van der Waals surface area (Å²) in [7, 11) is 0. The standard InChI is InChI=1S/C23H32N4O/c1-6-24-21(27-17-22(2,3)23(27,4)5)25-15-18-10-12-19(13-11-18)16-26-14-8-7-9-20(26)28/h7-14H,6,15-17H2,1-5H3,(H,24,25). The molecule has 0 aliphatic carbocycles. The van der Waals surface area contributed by atoms with E-state index in [9.17, 15) is 4.79 Å². The van der Waals surface area contributed by atoms with Crippen LogP contribution in [-0.4, -0.2) is 34.1 Å². The van der Waals surface area contributed by atoms with Gasteiger partial charge in [0.1, 0.15) is 0 Å². The molecular weight excluding hydrogens is 348 g/mol. The summed E-state index contributed by atoms with van der Waals surface area (Å²) < 4.78 is 1.71. The maximum atomic E-state index is 11.9. The highest BCUT2D eigenvalue weighted by atomic mass is 16.1. The van der Waals surface area contributed by atoms with Gasteiger partial charge in [0, 0.05) is 36.3 Å². The average Bonchev–Trinajstić information content (AvgIpc) is 2.66. The van der Waals surface area contributed by atoms with E-state index in [0.29, 0.717) is 13.1 Å². The SMILES string of the molecule is CCNC(=NCc1ccc(Cn2ccccc2=O)cc1)N1CC(C)(C)C1(C)C. The minimum absolute atomic E-state index is 0.0199. The summed E-state index contributed by atoms with van der Waals surface area (Å²) in [5.74, 6) is 0.978. The quantitative estimate of drug-likeness (QED) is 0.638. The molecule has 28 heavy (non-hydrogen) atoms. The Labute approximate surface area is 168 Å². The number of aliphatic imine (C=N–C) groups is 1. The fraction of sp³-hybridized carbons (Fsp3) is 0.478. The van der Waals surface area contributed by atoms with Gasteiger partial charge in [0.2, 0.25) is 0 Å². The van der Waals surface area contributed by atoms with Gasteiger partial charge >= 0.3 is 0 Å². The lowest BCUT2D eigenvalue weighted by Gasteiger charge is -2.62. The molecule has 1 aromatic heterocycles. The number of nitrogens with zero attached hydrogens (tertiary/aromatic N) is 3. The second-order valence-corrected chi connectivity index (χ2v) is 8.68. The van der Waals surface area contributed by atoms with Gasteiger partial charge in [0.25, 0.3) is 5.56 Å². The Bertz CT molecular complexity index is 893. The van der Waals surface area contributed by atoms with Crippen LogP contribution in [0.25, 0.3) is 0 Å². The maximum absolute atomic E-state index is 11.9. The number of rotatable bonds is 5. The van der Waals surface area contributed by atoms with Gasteiger partial charge in [0.15, 0.2) is 5.96 Å². The molecule has 1 aromatic carbocycles. The predicted molar refractivity (Wildman–Crippen MR) is 116 cm³/mol. The van der Waals surface area contributed by atoms with E-state index in [1.165, 1.54) is 0 Å². The molecule has 1 saturated heterocycles. The van der Waals surface area contributed by atoms with Crippen molar-refractivity contribution in [1.29, 1.82) is 0 Å². The summed E-state index contributed by atoms with van der Waals surface area (Å²) in [4.78, 5) is 19.1. The van der Waals surface area contributed by atoms with E-state index < -0.39 is 0 Å². The molecule has 1 N–H and O–H groups in total. The van der Waals surface area contributed by atoms with Crippen molar-refractivity contribution in [2.24, 2.45) is 10.4 Å². The molecule has 1 aliphatic heterocycles.